The summed E-state index contributed by atoms with van der Waals surface area (Å²) in [5.41, 5.74) is 3.20. The predicted molar refractivity (Wildman–Crippen MR) is 179 cm³/mol. The first kappa shape index (κ1) is 31.0. The molecule has 4 N–H and O–H groups in total. The molecule has 10 heteroatoms. The lowest BCUT2D eigenvalue weighted by molar-refractivity contribution is -0.115. The third-order valence-corrected chi connectivity index (χ3v) is 7.98. The monoisotopic (exact) mass is 620 g/mol. The SMILES string of the molecule is COc1ccc(NC(=O)C(C)Sc2cccc(NC(=O)/C(=C/c3c[nH]c4ccccc34)NC(=O)c3ccccc3)c2)c(OC)c1. The minimum atomic E-state index is -0.496. The van der Waals surface area contributed by atoms with Crippen molar-refractivity contribution in [2.24, 2.45) is 0 Å². The first-order valence-corrected chi connectivity index (χ1v) is 15.0. The number of benzene rings is 4. The Hall–Kier alpha value is -5.48. The second-order valence-electron chi connectivity index (χ2n) is 9.97. The van der Waals surface area contributed by atoms with E-state index in [1.54, 1.807) is 87.0 Å². The fraction of sp³-hybridized carbons (Fsp3) is 0.114. The summed E-state index contributed by atoms with van der Waals surface area (Å²) in [6.07, 6.45) is 3.44. The number of thioether (sulfide) groups is 1. The van der Waals surface area contributed by atoms with Crippen LogP contribution >= 0.6 is 11.8 Å². The fourth-order valence-electron chi connectivity index (χ4n) is 4.55. The first-order valence-electron chi connectivity index (χ1n) is 14.1. The topological polar surface area (TPSA) is 122 Å². The molecule has 9 nitrogen and oxygen atoms in total. The Labute approximate surface area is 265 Å². The van der Waals surface area contributed by atoms with Crippen LogP contribution in [0.2, 0.25) is 0 Å². The van der Waals surface area contributed by atoms with Crippen LogP contribution in [0, 0.1) is 0 Å². The predicted octanol–water partition coefficient (Wildman–Crippen LogP) is 6.71. The maximum atomic E-state index is 13.6. The van der Waals surface area contributed by atoms with Crippen LogP contribution in [0.5, 0.6) is 11.5 Å². The third kappa shape index (κ3) is 7.73. The number of amides is 3. The van der Waals surface area contributed by atoms with Crippen molar-refractivity contribution in [2.45, 2.75) is 17.1 Å². The Morgan fingerprint density at radius 2 is 1.62 bits per heavy atom. The van der Waals surface area contributed by atoms with Gasteiger partial charge in [-0.15, -0.1) is 11.8 Å². The molecule has 0 radical (unpaired) electrons. The van der Waals surface area contributed by atoms with Gasteiger partial charge in [-0.3, -0.25) is 14.4 Å². The van der Waals surface area contributed by atoms with Crippen LogP contribution < -0.4 is 25.4 Å². The Balaban J connectivity index is 1.32. The summed E-state index contributed by atoms with van der Waals surface area (Å²) < 4.78 is 10.6. The van der Waals surface area contributed by atoms with Crippen LogP contribution in [-0.2, 0) is 9.59 Å². The summed E-state index contributed by atoms with van der Waals surface area (Å²) in [6, 6.07) is 28.7. The fourth-order valence-corrected chi connectivity index (χ4v) is 5.48. The Kier molecular flexibility index (Phi) is 9.86. The average molecular weight is 621 g/mol. The van der Waals surface area contributed by atoms with Gasteiger partial charge in [-0.05, 0) is 61.5 Å². The van der Waals surface area contributed by atoms with Crippen LogP contribution in [0.25, 0.3) is 17.0 Å². The largest absolute Gasteiger partial charge is 0.497 e. The highest BCUT2D eigenvalue weighted by Crippen LogP contribution is 2.31. The number of hydrogen-bond acceptors (Lipinski definition) is 6. The van der Waals surface area contributed by atoms with Crippen LogP contribution in [0.1, 0.15) is 22.8 Å². The van der Waals surface area contributed by atoms with Gasteiger partial charge < -0.3 is 30.4 Å². The van der Waals surface area contributed by atoms with E-state index in [2.05, 4.69) is 20.9 Å². The Bertz CT molecular complexity index is 1870. The number of methoxy groups -OCH3 is 2. The molecule has 228 valence electrons. The lowest BCUT2D eigenvalue weighted by Gasteiger charge is -2.16. The molecule has 1 atom stereocenters. The van der Waals surface area contributed by atoms with Gasteiger partial charge in [0.25, 0.3) is 11.8 Å². The van der Waals surface area contributed by atoms with Gasteiger partial charge in [0.1, 0.15) is 17.2 Å². The second kappa shape index (κ2) is 14.3. The molecule has 0 fully saturated rings. The smallest absolute Gasteiger partial charge is 0.272 e. The lowest BCUT2D eigenvalue weighted by Crippen LogP contribution is -2.30. The van der Waals surface area contributed by atoms with Crippen LogP contribution in [0.4, 0.5) is 11.4 Å². The molecule has 0 aliphatic carbocycles. The van der Waals surface area contributed by atoms with Gasteiger partial charge in [0, 0.05) is 44.9 Å². The maximum Gasteiger partial charge on any atom is 0.272 e. The lowest BCUT2D eigenvalue weighted by atomic mass is 10.1. The summed E-state index contributed by atoms with van der Waals surface area (Å²) in [6.45, 7) is 1.79. The van der Waals surface area contributed by atoms with Crippen LogP contribution in [0.3, 0.4) is 0 Å². The normalized spacial score (nSPS) is 11.8. The summed E-state index contributed by atoms with van der Waals surface area (Å²) in [4.78, 5) is 43.6. The molecule has 5 aromatic rings. The number of ether oxygens (including phenoxy) is 2. The number of fused-ring (bicyclic) bond motifs is 1. The number of para-hydroxylation sites is 1. The number of H-pyrrole nitrogens is 1. The van der Waals surface area contributed by atoms with Crippen molar-refractivity contribution in [1.82, 2.24) is 10.3 Å². The van der Waals surface area contributed by atoms with Crippen LogP contribution in [-0.4, -0.2) is 42.2 Å². The summed E-state index contributed by atoms with van der Waals surface area (Å²) in [5, 5.41) is 9.02. The zero-order valence-corrected chi connectivity index (χ0v) is 25.7. The number of nitrogens with one attached hydrogen (secondary N) is 4. The summed E-state index contributed by atoms with van der Waals surface area (Å²) >= 11 is 1.34. The number of carbonyl (C=O) groups excluding carboxylic acids is 3. The molecule has 1 unspecified atom stereocenters. The third-order valence-electron chi connectivity index (χ3n) is 6.89. The van der Waals surface area contributed by atoms with Gasteiger partial charge in [0.15, 0.2) is 0 Å². The van der Waals surface area contributed by atoms with Crippen molar-refractivity contribution in [3.05, 3.63) is 120 Å². The Morgan fingerprint density at radius 3 is 2.40 bits per heavy atom. The van der Waals surface area contributed by atoms with E-state index >= 15 is 0 Å². The van der Waals surface area contributed by atoms with Gasteiger partial charge in [-0.25, -0.2) is 0 Å². The molecular formula is C35H32N4O5S. The number of aromatic amines is 1. The number of anilines is 2. The van der Waals surface area contributed by atoms with E-state index in [1.165, 1.54) is 18.9 Å². The molecule has 5 rings (SSSR count). The van der Waals surface area contributed by atoms with E-state index in [0.717, 1.165) is 21.4 Å². The molecule has 0 aliphatic rings. The highest BCUT2D eigenvalue weighted by atomic mass is 32.2. The number of carbonyl (C=O) groups is 3. The number of aromatic nitrogens is 1. The average Bonchev–Trinajstić information content (AvgIpc) is 3.47. The highest BCUT2D eigenvalue weighted by molar-refractivity contribution is 8.00. The molecule has 4 aromatic carbocycles. The molecule has 0 bridgehead atoms. The highest BCUT2D eigenvalue weighted by Gasteiger charge is 2.19. The van der Waals surface area contributed by atoms with Crippen molar-refractivity contribution in [3.63, 3.8) is 0 Å². The van der Waals surface area contributed by atoms with Gasteiger partial charge in [-0.1, -0.05) is 42.5 Å². The molecule has 0 spiro atoms. The molecule has 0 saturated heterocycles. The van der Waals surface area contributed by atoms with E-state index in [4.69, 9.17) is 9.47 Å². The maximum absolute atomic E-state index is 13.6. The molecule has 1 heterocycles. The first-order chi connectivity index (χ1) is 21.8. The van der Waals surface area contributed by atoms with Gasteiger partial charge in [0.2, 0.25) is 5.91 Å². The minimum Gasteiger partial charge on any atom is -0.497 e. The molecule has 0 saturated carbocycles. The zero-order valence-electron chi connectivity index (χ0n) is 24.9. The minimum absolute atomic E-state index is 0.0767. The van der Waals surface area contributed by atoms with Crippen molar-refractivity contribution >= 4 is 57.8 Å². The molecule has 45 heavy (non-hydrogen) atoms. The van der Waals surface area contributed by atoms with E-state index < -0.39 is 17.1 Å². The van der Waals surface area contributed by atoms with Gasteiger partial charge in [0.05, 0.1) is 25.2 Å². The van der Waals surface area contributed by atoms with Gasteiger partial charge >= 0.3 is 0 Å². The molecular weight excluding hydrogens is 588 g/mol. The standard InChI is InChI=1S/C35H32N4O5S/c1-22(33(40)38-30-17-16-26(43-2)20-32(30)44-3)45-27-13-9-12-25(19-27)37-35(42)31(39-34(41)23-10-5-4-6-11-23)18-24-21-36-29-15-8-7-14-28(24)29/h4-22,36H,1-3H3,(H,37,42)(H,38,40)(H,39,41)/b31-18-. The molecule has 3 amide bonds. The number of hydrogen-bond donors (Lipinski definition) is 4. The quantitative estimate of drug-likeness (QED) is 0.0962. The van der Waals surface area contributed by atoms with E-state index in [9.17, 15) is 14.4 Å². The van der Waals surface area contributed by atoms with Crippen LogP contribution in [0.15, 0.2) is 114 Å². The van der Waals surface area contributed by atoms with Crippen molar-refractivity contribution in [2.75, 3.05) is 24.9 Å². The van der Waals surface area contributed by atoms with E-state index in [0.29, 0.717) is 28.4 Å². The summed E-state index contributed by atoms with van der Waals surface area (Å²) in [7, 11) is 3.08. The van der Waals surface area contributed by atoms with Crippen molar-refractivity contribution in [1.29, 1.82) is 0 Å². The Morgan fingerprint density at radius 1 is 0.844 bits per heavy atom. The molecule has 0 aliphatic heterocycles. The second-order valence-corrected chi connectivity index (χ2v) is 11.4. The molecule has 1 aromatic heterocycles. The van der Waals surface area contributed by atoms with E-state index in [-0.39, 0.29) is 11.6 Å². The summed E-state index contributed by atoms with van der Waals surface area (Å²) in [5.74, 6) is -0.0188. The van der Waals surface area contributed by atoms with E-state index in [1.807, 2.05) is 36.4 Å². The van der Waals surface area contributed by atoms with Gasteiger partial charge in [-0.2, -0.15) is 0 Å². The zero-order chi connectivity index (χ0) is 31.8. The van der Waals surface area contributed by atoms with Crippen molar-refractivity contribution in [3.8, 4) is 11.5 Å². The van der Waals surface area contributed by atoms with Crippen molar-refractivity contribution < 1.29 is 23.9 Å². The number of rotatable bonds is 11.